The molecule has 38 heavy (non-hydrogen) atoms. The number of methoxy groups -OCH3 is 3. The first-order chi connectivity index (χ1) is 18.2. The molecule has 0 aromatic heterocycles. The normalized spacial score (nSPS) is 14.4. The second-order valence-electron chi connectivity index (χ2n) is 8.29. The van der Waals surface area contributed by atoms with Gasteiger partial charge in [0.1, 0.15) is 35.2 Å². The number of hydrogen-bond donors (Lipinski definition) is 1. The lowest BCUT2D eigenvalue weighted by Gasteiger charge is -2.28. The Kier molecular flexibility index (Phi) is 7.87. The summed E-state index contributed by atoms with van der Waals surface area (Å²) in [6.45, 7) is 2.24. The minimum absolute atomic E-state index is 0.0558. The fourth-order valence-electron chi connectivity index (χ4n) is 3.78. The zero-order chi connectivity index (χ0) is 27.4. The predicted molar refractivity (Wildman–Crippen MR) is 142 cm³/mol. The van der Waals surface area contributed by atoms with Gasteiger partial charge in [-0.2, -0.15) is 0 Å². The van der Waals surface area contributed by atoms with Gasteiger partial charge in [-0.15, -0.1) is 0 Å². The Morgan fingerprint density at radius 1 is 0.868 bits per heavy atom. The molecular weight excluding hydrogens is 512 g/mol. The molecule has 0 spiro atoms. The van der Waals surface area contributed by atoms with Crippen molar-refractivity contribution in [1.82, 2.24) is 5.32 Å². The summed E-state index contributed by atoms with van der Waals surface area (Å²) < 4.78 is 21.9. The van der Waals surface area contributed by atoms with Crippen LogP contribution < -0.4 is 29.2 Å². The quantitative estimate of drug-likeness (QED) is 0.322. The molecule has 0 radical (unpaired) electrons. The number of ether oxygens (including phenoxy) is 4. The molecule has 3 aromatic rings. The SMILES string of the molecule is COc1ccc(/C=C2\C(=O)NC(=O)N(c3cc(OC)c(Cl)cc3OC)C2=O)c(OCc2ccc(C)cc2)c1. The maximum Gasteiger partial charge on any atom is 0.336 e. The van der Waals surface area contributed by atoms with E-state index in [9.17, 15) is 14.4 Å². The van der Waals surface area contributed by atoms with Gasteiger partial charge in [-0.25, -0.2) is 9.69 Å². The van der Waals surface area contributed by atoms with Crippen molar-refractivity contribution >= 4 is 41.2 Å². The second kappa shape index (κ2) is 11.3. The smallest absolute Gasteiger partial charge is 0.336 e. The average molecular weight is 537 g/mol. The van der Waals surface area contributed by atoms with Gasteiger partial charge in [-0.3, -0.25) is 14.9 Å². The Morgan fingerprint density at radius 2 is 1.58 bits per heavy atom. The number of barbiturate groups is 1. The number of amides is 4. The molecule has 4 rings (SSSR count). The van der Waals surface area contributed by atoms with E-state index in [0.717, 1.165) is 16.0 Å². The maximum absolute atomic E-state index is 13.5. The Labute approximate surface area is 224 Å². The molecular formula is C28H25ClN2O7. The van der Waals surface area contributed by atoms with Gasteiger partial charge in [-0.05, 0) is 30.7 Å². The number of halogens is 1. The highest BCUT2D eigenvalue weighted by Crippen LogP contribution is 2.39. The summed E-state index contributed by atoms with van der Waals surface area (Å²) in [6.07, 6.45) is 1.36. The lowest BCUT2D eigenvalue weighted by atomic mass is 10.1. The third-order valence-electron chi connectivity index (χ3n) is 5.83. The monoisotopic (exact) mass is 536 g/mol. The number of imide groups is 2. The van der Waals surface area contributed by atoms with E-state index in [1.165, 1.54) is 39.5 Å². The lowest BCUT2D eigenvalue weighted by molar-refractivity contribution is -0.122. The molecule has 9 nitrogen and oxygen atoms in total. The van der Waals surface area contributed by atoms with E-state index >= 15 is 0 Å². The standard InChI is InChI=1S/C28H25ClN2O7/c1-16-5-7-17(8-6-16)15-38-23-12-19(35-2)10-9-18(23)11-20-26(32)30-28(34)31(27(20)33)22-14-24(36-3)21(29)13-25(22)37-4/h5-14H,15H2,1-4H3,(H,30,32,34)/b20-11+. The fraction of sp³-hybridized carbons (Fsp3) is 0.179. The van der Waals surface area contributed by atoms with Crippen LogP contribution in [-0.4, -0.2) is 39.2 Å². The van der Waals surface area contributed by atoms with Crippen LogP contribution in [0.4, 0.5) is 10.5 Å². The molecule has 0 unspecified atom stereocenters. The molecule has 3 aromatic carbocycles. The van der Waals surface area contributed by atoms with Crippen molar-refractivity contribution in [2.24, 2.45) is 0 Å². The number of benzene rings is 3. The molecule has 10 heteroatoms. The Morgan fingerprint density at radius 3 is 2.24 bits per heavy atom. The summed E-state index contributed by atoms with van der Waals surface area (Å²) in [7, 11) is 4.28. The Bertz CT molecular complexity index is 1430. The van der Waals surface area contributed by atoms with Crippen molar-refractivity contribution in [2.45, 2.75) is 13.5 Å². The van der Waals surface area contributed by atoms with Crippen molar-refractivity contribution in [1.29, 1.82) is 0 Å². The Balaban J connectivity index is 1.73. The highest BCUT2D eigenvalue weighted by molar-refractivity contribution is 6.39. The molecule has 0 atom stereocenters. The molecule has 0 aliphatic carbocycles. The molecule has 1 fully saturated rings. The van der Waals surface area contributed by atoms with Crippen molar-refractivity contribution in [3.8, 4) is 23.0 Å². The number of carbonyl (C=O) groups is 3. The van der Waals surface area contributed by atoms with Gasteiger partial charge < -0.3 is 18.9 Å². The molecule has 1 aliphatic heterocycles. The fourth-order valence-corrected chi connectivity index (χ4v) is 4.01. The van der Waals surface area contributed by atoms with Crippen LogP contribution in [0, 0.1) is 6.92 Å². The third-order valence-corrected chi connectivity index (χ3v) is 6.13. The summed E-state index contributed by atoms with van der Waals surface area (Å²) in [5.41, 5.74) is 2.26. The van der Waals surface area contributed by atoms with E-state index in [1.807, 2.05) is 31.2 Å². The number of urea groups is 1. The van der Waals surface area contributed by atoms with Crippen LogP contribution in [0.1, 0.15) is 16.7 Å². The largest absolute Gasteiger partial charge is 0.497 e. The first-order valence-electron chi connectivity index (χ1n) is 11.4. The lowest BCUT2D eigenvalue weighted by Crippen LogP contribution is -2.54. The average Bonchev–Trinajstić information content (AvgIpc) is 2.91. The summed E-state index contributed by atoms with van der Waals surface area (Å²) in [4.78, 5) is 39.9. The van der Waals surface area contributed by atoms with Crippen LogP contribution in [0.15, 0.2) is 60.2 Å². The summed E-state index contributed by atoms with van der Waals surface area (Å²) in [5, 5.41) is 2.42. The number of rotatable bonds is 8. The van der Waals surface area contributed by atoms with E-state index in [4.69, 9.17) is 30.5 Å². The van der Waals surface area contributed by atoms with E-state index in [2.05, 4.69) is 5.32 Å². The molecule has 1 saturated heterocycles. The summed E-state index contributed by atoms with van der Waals surface area (Å²) in [6, 6.07) is 14.7. The maximum atomic E-state index is 13.5. The number of nitrogens with one attached hydrogen (secondary N) is 1. The second-order valence-corrected chi connectivity index (χ2v) is 8.70. The highest BCUT2D eigenvalue weighted by Gasteiger charge is 2.39. The van der Waals surface area contributed by atoms with Gasteiger partial charge in [0.2, 0.25) is 0 Å². The van der Waals surface area contributed by atoms with Gasteiger partial charge in [0.05, 0.1) is 32.0 Å². The van der Waals surface area contributed by atoms with Gasteiger partial charge >= 0.3 is 6.03 Å². The summed E-state index contributed by atoms with van der Waals surface area (Å²) in [5.74, 6) is -0.447. The highest BCUT2D eigenvalue weighted by atomic mass is 35.5. The van der Waals surface area contributed by atoms with Crippen LogP contribution in [0.2, 0.25) is 5.02 Å². The van der Waals surface area contributed by atoms with Gasteiger partial charge in [0.15, 0.2) is 0 Å². The van der Waals surface area contributed by atoms with Crippen LogP contribution >= 0.6 is 11.6 Å². The number of nitrogens with zero attached hydrogens (tertiary/aromatic N) is 1. The zero-order valence-electron chi connectivity index (χ0n) is 21.2. The zero-order valence-corrected chi connectivity index (χ0v) is 21.9. The molecule has 4 amide bonds. The van der Waals surface area contributed by atoms with E-state index in [1.54, 1.807) is 18.2 Å². The molecule has 1 aliphatic rings. The van der Waals surface area contributed by atoms with Crippen molar-refractivity contribution in [3.05, 3.63) is 81.9 Å². The number of hydrogen-bond acceptors (Lipinski definition) is 7. The van der Waals surface area contributed by atoms with Crippen LogP contribution in [-0.2, 0) is 16.2 Å². The molecule has 196 valence electrons. The van der Waals surface area contributed by atoms with Gasteiger partial charge in [-0.1, -0.05) is 41.4 Å². The minimum atomic E-state index is -0.939. The third kappa shape index (κ3) is 5.42. The van der Waals surface area contributed by atoms with Crippen LogP contribution in [0.25, 0.3) is 6.08 Å². The number of carbonyl (C=O) groups excluding carboxylic acids is 3. The molecule has 1 heterocycles. The van der Waals surface area contributed by atoms with Crippen molar-refractivity contribution in [3.63, 3.8) is 0 Å². The van der Waals surface area contributed by atoms with Crippen LogP contribution in [0.5, 0.6) is 23.0 Å². The topological polar surface area (TPSA) is 103 Å². The first kappa shape index (κ1) is 26.6. The predicted octanol–water partition coefficient (Wildman–Crippen LogP) is 4.92. The minimum Gasteiger partial charge on any atom is -0.497 e. The van der Waals surface area contributed by atoms with Gasteiger partial charge in [0, 0.05) is 23.8 Å². The first-order valence-corrected chi connectivity index (χ1v) is 11.8. The van der Waals surface area contributed by atoms with E-state index < -0.39 is 17.8 Å². The Hall–Kier alpha value is -4.50. The van der Waals surface area contributed by atoms with Crippen LogP contribution in [0.3, 0.4) is 0 Å². The number of aryl methyl sites for hydroxylation is 1. The summed E-state index contributed by atoms with van der Waals surface area (Å²) >= 11 is 6.18. The molecule has 0 bridgehead atoms. The van der Waals surface area contributed by atoms with E-state index in [0.29, 0.717) is 17.1 Å². The molecule has 0 saturated carbocycles. The molecule has 1 N–H and O–H groups in total. The number of anilines is 1. The van der Waals surface area contributed by atoms with Gasteiger partial charge in [0.25, 0.3) is 11.8 Å². The van der Waals surface area contributed by atoms with Crippen molar-refractivity contribution in [2.75, 3.05) is 26.2 Å². The van der Waals surface area contributed by atoms with E-state index in [-0.39, 0.29) is 34.4 Å². The van der Waals surface area contributed by atoms with Crippen molar-refractivity contribution < 1.29 is 33.3 Å².